The summed E-state index contributed by atoms with van der Waals surface area (Å²) in [7, 11) is 0. The number of halogens is 1. The molecule has 204 valence electrons. The second kappa shape index (κ2) is 12.9. The van der Waals surface area contributed by atoms with Crippen molar-refractivity contribution in [1.29, 1.82) is 0 Å². The maximum atomic E-state index is 13.1. The van der Waals surface area contributed by atoms with Gasteiger partial charge in [-0.05, 0) is 65.9 Å². The first-order valence-electron chi connectivity index (χ1n) is 12.8. The van der Waals surface area contributed by atoms with Gasteiger partial charge in [0.15, 0.2) is 15.8 Å². The van der Waals surface area contributed by atoms with Gasteiger partial charge < -0.3 is 14.2 Å². The number of hydrogen-bond acceptors (Lipinski definition) is 6. The van der Waals surface area contributed by atoms with E-state index < -0.39 is 0 Å². The zero-order valence-electron chi connectivity index (χ0n) is 22.5. The molecule has 1 saturated heterocycles. The Balaban J connectivity index is 1.39. The minimum atomic E-state index is -0.168. The number of carbonyl (C=O) groups excluding carboxylic acids is 1. The number of nitrogens with zero attached hydrogens (tertiary/aromatic N) is 1. The molecule has 0 aromatic heterocycles. The van der Waals surface area contributed by atoms with Crippen molar-refractivity contribution in [2.24, 2.45) is 0 Å². The summed E-state index contributed by atoms with van der Waals surface area (Å²) < 4.78 is 18.2. The maximum Gasteiger partial charge on any atom is 0.270 e. The molecule has 3 aromatic carbocycles. The fourth-order valence-electron chi connectivity index (χ4n) is 3.97. The lowest BCUT2D eigenvalue weighted by molar-refractivity contribution is -0.113. The van der Waals surface area contributed by atoms with E-state index in [0.29, 0.717) is 52.0 Å². The Morgan fingerprint density at radius 2 is 1.67 bits per heavy atom. The number of carbonyl (C=O) groups is 1. The summed E-state index contributed by atoms with van der Waals surface area (Å²) >= 11 is 13.3. The van der Waals surface area contributed by atoms with E-state index in [9.17, 15) is 4.79 Å². The first-order chi connectivity index (χ1) is 18.7. The molecule has 39 heavy (non-hydrogen) atoms. The summed E-state index contributed by atoms with van der Waals surface area (Å²) in [5.74, 6) is 1.66. The highest BCUT2D eigenvalue weighted by Crippen LogP contribution is 2.40. The Labute approximate surface area is 245 Å². The highest BCUT2D eigenvalue weighted by molar-refractivity contribution is 8.27. The van der Waals surface area contributed by atoms with Crippen molar-refractivity contribution in [3.05, 3.63) is 87.8 Å². The number of thioether (sulfide) groups is 1. The van der Waals surface area contributed by atoms with Crippen LogP contribution in [0.1, 0.15) is 45.2 Å². The molecule has 1 aliphatic heterocycles. The van der Waals surface area contributed by atoms with E-state index in [4.69, 9.17) is 38.0 Å². The van der Waals surface area contributed by atoms with Gasteiger partial charge in [-0.3, -0.25) is 9.69 Å². The number of para-hydroxylation sites is 1. The smallest absolute Gasteiger partial charge is 0.270 e. The summed E-state index contributed by atoms with van der Waals surface area (Å²) in [4.78, 5) is 15.2. The van der Waals surface area contributed by atoms with E-state index >= 15 is 0 Å². The van der Waals surface area contributed by atoms with Crippen LogP contribution in [0, 0.1) is 0 Å². The van der Waals surface area contributed by atoms with Crippen LogP contribution >= 0.6 is 35.6 Å². The molecule has 1 aliphatic rings. The molecule has 0 saturated carbocycles. The molecule has 5 nitrogen and oxygen atoms in total. The Bertz CT molecular complexity index is 1350. The summed E-state index contributed by atoms with van der Waals surface area (Å²) in [6.07, 6.45) is 2.45. The van der Waals surface area contributed by atoms with Gasteiger partial charge >= 0.3 is 0 Å². The third kappa shape index (κ3) is 7.35. The monoisotopic (exact) mass is 581 g/mol. The number of benzene rings is 3. The zero-order chi connectivity index (χ0) is 28.0. The van der Waals surface area contributed by atoms with Gasteiger partial charge in [-0.2, -0.15) is 0 Å². The fraction of sp³-hybridized carbons (Fsp3) is 0.290. The molecule has 1 amide bonds. The molecule has 0 bridgehead atoms. The van der Waals surface area contributed by atoms with Crippen LogP contribution in [0.4, 0.5) is 5.69 Å². The summed E-state index contributed by atoms with van der Waals surface area (Å²) in [5.41, 5.74) is 2.84. The SMILES string of the molecule is CCOc1cc(/C=C2/SC(=S)N(c3ccccc3)C2=O)cc(Cl)c1OCCCOc1ccc(C(C)(C)C)cc1. The van der Waals surface area contributed by atoms with Crippen molar-refractivity contribution in [3.63, 3.8) is 0 Å². The predicted octanol–water partition coefficient (Wildman–Crippen LogP) is 8.29. The van der Waals surface area contributed by atoms with Crippen LogP contribution in [0.5, 0.6) is 17.2 Å². The Morgan fingerprint density at radius 1 is 0.974 bits per heavy atom. The third-order valence-corrected chi connectivity index (χ3v) is 7.54. The lowest BCUT2D eigenvalue weighted by Gasteiger charge is -2.19. The summed E-state index contributed by atoms with van der Waals surface area (Å²) in [5, 5.41) is 0.407. The van der Waals surface area contributed by atoms with Crippen molar-refractivity contribution in [3.8, 4) is 17.2 Å². The molecular weight excluding hydrogens is 550 g/mol. The Morgan fingerprint density at radius 3 is 2.33 bits per heavy atom. The number of ether oxygens (including phenoxy) is 3. The molecule has 8 heteroatoms. The molecule has 4 rings (SSSR count). The van der Waals surface area contributed by atoms with Crippen LogP contribution in [0.15, 0.2) is 71.6 Å². The Kier molecular flexibility index (Phi) is 9.59. The second-order valence-corrected chi connectivity index (χ2v) is 12.0. The van der Waals surface area contributed by atoms with E-state index in [2.05, 4.69) is 32.9 Å². The molecule has 0 spiro atoms. The van der Waals surface area contributed by atoms with Gasteiger partial charge in [0.2, 0.25) is 0 Å². The van der Waals surface area contributed by atoms with Gasteiger partial charge in [-0.25, -0.2) is 0 Å². The predicted molar refractivity (Wildman–Crippen MR) is 165 cm³/mol. The van der Waals surface area contributed by atoms with Gasteiger partial charge in [0.25, 0.3) is 5.91 Å². The molecule has 0 unspecified atom stereocenters. The number of thiocarbonyl (C=S) groups is 1. The average Bonchev–Trinajstić information content (AvgIpc) is 3.17. The van der Waals surface area contributed by atoms with Crippen molar-refractivity contribution < 1.29 is 19.0 Å². The molecule has 0 aliphatic carbocycles. The van der Waals surface area contributed by atoms with Crippen LogP contribution in [-0.2, 0) is 10.2 Å². The van der Waals surface area contributed by atoms with E-state index in [1.54, 1.807) is 12.1 Å². The van der Waals surface area contributed by atoms with Gasteiger partial charge in [0, 0.05) is 6.42 Å². The normalized spacial score (nSPS) is 14.7. The van der Waals surface area contributed by atoms with E-state index in [0.717, 1.165) is 17.0 Å². The fourth-order valence-corrected chi connectivity index (χ4v) is 5.54. The van der Waals surface area contributed by atoms with Crippen molar-refractivity contribution in [2.45, 2.75) is 39.5 Å². The minimum absolute atomic E-state index is 0.108. The molecule has 0 radical (unpaired) electrons. The largest absolute Gasteiger partial charge is 0.493 e. The van der Waals surface area contributed by atoms with E-state index in [1.807, 2.05) is 55.5 Å². The summed E-state index contributed by atoms with van der Waals surface area (Å²) in [6.45, 7) is 9.83. The number of hydrogen-bond donors (Lipinski definition) is 0. The van der Waals surface area contributed by atoms with Gasteiger partial charge in [0.05, 0.1) is 35.4 Å². The van der Waals surface area contributed by atoms with Gasteiger partial charge in [-0.1, -0.05) is 86.7 Å². The maximum absolute atomic E-state index is 13.1. The molecule has 3 aromatic rings. The van der Waals surface area contributed by atoms with Gasteiger partial charge in [-0.15, -0.1) is 0 Å². The van der Waals surface area contributed by atoms with Crippen molar-refractivity contribution >= 4 is 57.6 Å². The third-order valence-electron chi connectivity index (χ3n) is 5.96. The van der Waals surface area contributed by atoms with Crippen LogP contribution in [0.2, 0.25) is 5.02 Å². The van der Waals surface area contributed by atoms with E-state index in [-0.39, 0.29) is 11.3 Å². The van der Waals surface area contributed by atoms with Crippen molar-refractivity contribution in [2.75, 3.05) is 24.7 Å². The number of amides is 1. The van der Waals surface area contributed by atoms with Crippen LogP contribution < -0.4 is 19.1 Å². The van der Waals surface area contributed by atoms with Crippen LogP contribution in [0.25, 0.3) is 6.08 Å². The first kappa shape index (κ1) is 29.0. The number of anilines is 1. The van der Waals surface area contributed by atoms with Crippen molar-refractivity contribution in [1.82, 2.24) is 0 Å². The quantitative estimate of drug-likeness (QED) is 0.136. The molecule has 0 N–H and O–H groups in total. The topological polar surface area (TPSA) is 48.0 Å². The first-order valence-corrected chi connectivity index (χ1v) is 14.4. The average molecular weight is 582 g/mol. The standard InChI is InChI=1S/C31H32ClNO4S2/c1-5-35-26-19-21(20-27-29(34)33(30(38)39-27)23-10-7-6-8-11-23)18-25(32)28(26)37-17-9-16-36-24-14-12-22(13-15-24)31(2,3)4/h6-8,10-15,18-20H,5,9,16-17H2,1-4H3/b27-20+. The molecule has 1 fully saturated rings. The summed E-state index contributed by atoms with van der Waals surface area (Å²) in [6, 6.07) is 21.2. The van der Waals surface area contributed by atoms with Gasteiger partial charge in [0.1, 0.15) is 5.75 Å². The Hall–Kier alpha value is -3.00. The highest BCUT2D eigenvalue weighted by Gasteiger charge is 2.33. The lowest BCUT2D eigenvalue weighted by Crippen LogP contribution is -2.27. The number of rotatable bonds is 10. The highest BCUT2D eigenvalue weighted by atomic mass is 35.5. The molecule has 0 atom stereocenters. The van der Waals surface area contributed by atoms with Crippen LogP contribution in [-0.4, -0.2) is 30.0 Å². The second-order valence-electron chi connectivity index (χ2n) is 9.94. The van der Waals surface area contributed by atoms with E-state index in [1.165, 1.54) is 22.2 Å². The molecule has 1 heterocycles. The lowest BCUT2D eigenvalue weighted by atomic mass is 9.87. The van der Waals surface area contributed by atoms with Crippen LogP contribution in [0.3, 0.4) is 0 Å². The molecular formula is C31H32ClNO4S2. The zero-order valence-corrected chi connectivity index (χ0v) is 24.9. The minimum Gasteiger partial charge on any atom is -0.493 e.